The highest BCUT2D eigenvalue weighted by atomic mass is 35.5. The summed E-state index contributed by atoms with van der Waals surface area (Å²) in [6, 6.07) is 3.61. The Labute approximate surface area is 138 Å². The fourth-order valence-electron chi connectivity index (χ4n) is 1.95. The van der Waals surface area contributed by atoms with Crippen molar-refractivity contribution in [1.82, 2.24) is 4.98 Å². The van der Waals surface area contributed by atoms with Crippen LogP contribution in [-0.4, -0.2) is 31.1 Å². The molecule has 0 aliphatic carbocycles. The molecule has 1 N–H and O–H groups in total. The molecule has 0 saturated heterocycles. The molecule has 0 radical (unpaired) electrons. The number of pyridine rings is 1. The summed E-state index contributed by atoms with van der Waals surface area (Å²) >= 11 is 5.81. The van der Waals surface area contributed by atoms with Crippen LogP contribution in [0.4, 0.5) is 0 Å². The molecule has 122 valence electrons. The van der Waals surface area contributed by atoms with Crippen molar-refractivity contribution in [2.24, 2.45) is 0 Å². The van der Waals surface area contributed by atoms with Crippen molar-refractivity contribution in [3.8, 4) is 0 Å². The van der Waals surface area contributed by atoms with Gasteiger partial charge in [-0.05, 0) is 30.3 Å². The molecule has 0 spiro atoms. The van der Waals surface area contributed by atoms with Crippen LogP contribution in [0.15, 0.2) is 30.2 Å². The lowest BCUT2D eigenvalue weighted by atomic mass is 10.1. The van der Waals surface area contributed by atoms with Gasteiger partial charge in [0.15, 0.2) is 0 Å². The van der Waals surface area contributed by atoms with Gasteiger partial charge in [-0.15, -0.1) is 0 Å². The number of ether oxygens (including phenoxy) is 1. The maximum Gasteiger partial charge on any atom is 0.250 e. The minimum absolute atomic E-state index is 0.0910. The van der Waals surface area contributed by atoms with Crippen molar-refractivity contribution < 1.29 is 14.3 Å². The predicted molar refractivity (Wildman–Crippen MR) is 90.3 cm³/mol. The Hall–Kier alpha value is -0.883. The lowest BCUT2D eigenvalue weighted by Gasteiger charge is -2.37. The van der Waals surface area contributed by atoms with E-state index in [2.05, 4.69) is 38.8 Å². The highest BCUT2D eigenvalue weighted by Gasteiger charge is 2.42. The molecular formula is C16H24ClNO3Si. The van der Waals surface area contributed by atoms with Gasteiger partial charge in [-0.3, -0.25) is 0 Å². The molecule has 0 aromatic carbocycles. The summed E-state index contributed by atoms with van der Waals surface area (Å²) in [5.74, 6) is 0.731. The second-order valence-corrected chi connectivity index (χ2v) is 12.2. The Morgan fingerprint density at radius 1 is 1.36 bits per heavy atom. The van der Waals surface area contributed by atoms with Crippen molar-refractivity contribution in [3.05, 3.63) is 40.9 Å². The highest BCUT2D eigenvalue weighted by molar-refractivity contribution is 6.74. The van der Waals surface area contributed by atoms with Crippen molar-refractivity contribution in [1.29, 1.82) is 0 Å². The van der Waals surface area contributed by atoms with Gasteiger partial charge < -0.3 is 14.3 Å². The fraction of sp³-hybridized carbons (Fsp3) is 0.562. The first-order chi connectivity index (χ1) is 10.1. The summed E-state index contributed by atoms with van der Waals surface area (Å²) in [4.78, 5) is 4.07. The van der Waals surface area contributed by atoms with Crippen LogP contribution in [0.1, 0.15) is 32.4 Å². The second-order valence-electron chi connectivity index (χ2n) is 7.07. The molecule has 2 rings (SSSR count). The minimum Gasteiger partial charge on any atom is -0.545 e. The first kappa shape index (κ1) is 17.5. The molecule has 1 aromatic heterocycles. The molecule has 0 amide bonds. The van der Waals surface area contributed by atoms with Crippen molar-refractivity contribution in [2.45, 2.75) is 51.1 Å². The summed E-state index contributed by atoms with van der Waals surface area (Å²) in [5.41, 5.74) is 0.900. The molecule has 4 nitrogen and oxygen atoms in total. The molecule has 0 unspecified atom stereocenters. The van der Waals surface area contributed by atoms with E-state index in [1.165, 1.54) is 0 Å². The van der Waals surface area contributed by atoms with E-state index in [9.17, 15) is 5.11 Å². The monoisotopic (exact) mass is 341 g/mol. The van der Waals surface area contributed by atoms with Crippen LogP contribution >= 0.6 is 11.6 Å². The van der Waals surface area contributed by atoms with E-state index in [4.69, 9.17) is 20.8 Å². The summed E-state index contributed by atoms with van der Waals surface area (Å²) in [6.07, 6.45) is 2.94. The zero-order valence-corrected chi connectivity index (χ0v) is 15.5. The van der Waals surface area contributed by atoms with Gasteiger partial charge in [0.25, 0.3) is 0 Å². The van der Waals surface area contributed by atoms with Gasteiger partial charge in [0.2, 0.25) is 8.32 Å². The Kier molecular flexibility index (Phi) is 5.02. The summed E-state index contributed by atoms with van der Waals surface area (Å²) in [6.45, 7) is 10.8. The first-order valence-corrected chi connectivity index (χ1v) is 10.7. The van der Waals surface area contributed by atoms with Crippen LogP contribution in [0.3, 0.4) is 0 Å². The van der Waals surface area contributed by atoms with Crippen LogP contribution in [0.2, 0.25) is 23.3 Å². The average molecular weight is 342 g/mol. The van der Waals surface area contributed by atoms with Gasteiger partial charge in [-0.2, -0.15) is 0 Å². The number of hydrogen-bond acceptors (Lipinski definition) is 4. The molecule has 6 heteroatoms. The average Bonchev–Trinajstić information content (AvgIpc) is 2.80. The summed E-state index contributed by atoms with van der Waals surface area (Å²) in [7, 11) is -1.96. The lowest BCUT2D eigenvalue weighted by Crippen LogP contribution is -2.41. The van der Waals surface area contributed by atoms with Crippen LogP contribution in [0.25, 0.3) is 0 Å². The van der Waals surface area contributed by atoms with Gasteiger partial charge in [0.05, 0.1) is 6.61 Å². The van der Waals surface area contributed by atoms with E-state index in [1.807, 2.05) is 12.1 Å². The molecule has 0 bridgehead atoms. The molecule has 0 saturated carbocycles. The smallest absolute Gasteiger partial charge is 0.250 e. The fourth-order valence-corrected chi connectivity index (χ4v) is 3.16. The van der Waals surface area contributed by atoms with Crippen LogP contribution in [-0.2, 0) is 9.16 Å². The maximum atomic E-state index is 9.58. The molecular weight excluding hydrogens is 318 g/mol. The molecule has 2 atom stereocenters. The number of aromatic nitrogens is 1. The van der Waals surface area contributed by atoms with Crippen molar-refractivity contribution >= 4 is 19.9 Å². The topological polar surface area (TPSA) is 51.6 Å². The Morgan fingerprint density at radius 3 is 2.55 bits per heavy atom. The van der Waals surface area contributed by atoms with E-state index in [0.717, 1.165) is 11.3 Å². The van der Waals surface area contributed by atoms with Crippen molar-refractivity contribution in [3.63, 3.8) is 0 Å². The normalized spacial score (nSPS) is 22.6. The van der Waals surface area contributed by atoms with E-state index in [1.54, 1.807) is 12.3 Å². The quantitative estimate of drug-likeness (QED) is 0.662. The molecule has 22 heavy (non-hydrogen) atoms. The number of aliphatic hydroxyl groups excluding tert-OH is 1. The molecule has 2 heterocycles. The SMILES string of the molecule is CC(C)(C)[Si](C)(C)OC1=C[C@H](c2ccc(Cl)nc2)O[C@@H]1CO. The zero-order chi connectivity index (χ0) is 16.5. The minimum atomic E-state index is -1.96. The highest BCUT2D eigenvalue weighted by Crippen LogP contribution is 2.41. The van der Waals surface area contributed by atoms with Gasteiger partial charge in [0, 0.05) is 11.8 Å². The predicted octanol–water partition coefficient (Wildman–Crippen LogP) is 4.07. The van der Waals surface area contributed by atoms with Gasteiger partial charge in [-0.1, -0.05) is 38.4 Å². The van der Waals surface area contributed by atoms with Gasteiger partial charge in [0.1, 0.15) is 23.1 Å². The van der Waals surface area contributed by atoms with Gasteiger partial charge in [-0.25, -0.2) is 4.98 Å². The van der Waals surface area contributed by atoms with E-state index < -0.39 is 14.4 Å². The number of halogens is 1. The molecule has 1 aliphatic heterocycles. The Balaban J connectivity index is 2.22. The number of nitrogens with zero attached hydrogens (tertiary/aromatic N) is 1. The second kappa shape index (κ2) is 6.32. The number of aliphatic hydroxyl groups is 1. The van der Waals surface area contributed by atoms with Crippen LogP contribution in [0.5, 0.6) is 0 Å². The largest absolute Gasteiger partial charge is 0.545 e. The molecule has 1 aliphatic rings. The van der Waals surface area contributed by atoms with Crippen molar-refractivity contribution in [2.75, 3.05) is 6.61 Å². The first-order valence-electron chi connectivity index (χ1n) is 7.42. The van der Waals surface area contributed by atoms with E-state index in [0.29, 0.717) is 5.15 Å². The van der Waals surface area contributed by atoms with Gasteiger partial charge >= 0.3 is 0 Å². The third-order valence-electron chi connectivity index (χ3n) is 4.37. The summed E-state index contributed by atoms with van der Waals surface area (Å²) < 4.78 is 12.2. The van der Waals surface area contributed by atoms with E-state index in [-0.39, 0.29) is 17.7 Å². The number of rotatable bonds is 4. The summed E-state index contributed by atoms with van der Waals surface area (Å²) in [5, 5.41) is 10.1. The molecule has 0 fully saturated rings. The number of hydrogen-bond donors (Lipinski definition) is 1. The Morgan fingerprint density at radius 2 is 2.05 bits per heavy atom. The third-order valence-corrected chi connectivity index (χ3v) is 8.95. The Bertz CT molecular complexity index is 552. The third kappa shape index (κ3) is 3.71. The molecule has 1 aromatic rings. The lowest BCUT2D eigenvalue weighted by molar-refractivity contribution is 0.00692. The standard InChI is InChI=1S/C16H24ClNO3Si/c1-16(2,3)22(4,5)21-13-8-12(20-14(13)10-19)11-6-7-15(17)18-9-11/h6-9,12,14,19H,10H2,1-5H3/t12-,14-/m1/s1. The maximum absolute atomic E-state index is 9.58. The van der Waals surface area contributed by atoms with Crippen LogP contribution < -0.4 is 0 Å². The van der Waals surface area contributed by atoms with Crippen LogP contribution in [0, 0.1) is 0 Å². The van der Waals surface area contributed by atoms with E-state index >= 15 is 0 Å². The zero-order valence-electron chi connectivity index (χ0n) is 13.8.